The molecule has 0 aromatic carbocycles. The molecule has 1 aromatic heterocycles. The van der Waals surface area contributed by atoms with Gasteiger partial charge in [-0.15, -0.1) is 23.1 Å². The zero-order valence-corrected chi connectivity index (χ0v) is 12.2. The Kier molecular flexibility index (Phi) is 6.82. The summed E-state index contributed by atoms with van der Waals surface area (Å²) in [5.74, 6) is 1.05. The van der Waals surface area contributed by atoms with Crippen LogP contribution < -0.4 is 0 Å². The van der Waals surface area contributed by atoms with E-state index in [0.29, 0.717) is 12.3 Å². The van der Waals surface area contributed by atoms with Crippen LogP contribution in [0.25, 0.3) is 0 Å². The minimum absolute atomic E-state index is 0.0421. The molecular formula is C12H17NO3S2. The third kappa shape index (κ3) is 5.55. The van der Waals surface area contributed by atoms with Crippen molar-refractivity contribution < 1.29 is 14.3 Å². The summed E-state index contributed by atoms with van der Waals surface area (Å²) in [4.78, 5) is 25.5. The van der Waals surface area contributed by atoms with Crippen LogP contribution in [0.15, 0.2) is 17.5 Å². The van der Waals surface area contributed by atoms with Gasteiger partial charge >= 0.3 is 5.97 Å². The van der Waals surface area contributed by atoms with Crippen molar-refractivity contribution in [3.63, 3.8) is 0 Å². The first-order valence-corrected chi connectivity index (χ1v) is 7.58. The first kappa shape index (κ1) is 15.0. The van der Waals surface area contributed by atoms with Crippen LogP contribution in [0.2, 0.25) is 0 Å². The monoisotopic (exact) mass is 287 g/mol. The summed E-state index contributed by atoms with van der Waals surface area (Å²) >= 11 is 3.28. The van der Waals surface area contributed by atoms with E-state index in [1.165, 1.54) is 12.0 Å². The van der Waals surface area contributed by atoms with Crippen molar-refractivity contribution in [2.24, 2.45) is 0 Å². The second kappa shape index (κ2) is 8.16. The molecule has 1 heterocycles. The van der Waals surface area contributed by atoms with Crippen LogP contribution in [0.1, 0.15) is 11.3 Å². The molecule has 100 valence electrons. The molecule has 0 radical (unpaired) electrons. The third-order valence-corrected chi connectivity index (χ3v) is 4.38. The summed E-state index contributed by atoms with van der Waals surface area (Å²) in [5, 5.41) is 2.03. The minimum atomic E-state index is -0.291. The highest BCUT2D eigenvalue weighted by Gasteiger charge is 2.10. The van der Waals surface area contributed by atoms with Crippen molar-refractivity contribution in [2.75, 3.05) is 26.5 Å². The fourth-order valence-corrected chi connectivity index (χ4v) is 3.04. The Morgan fingerprint density at radius 3 is 2.89 bits per heavy atom. The number of thiophene rings is 1. The van der Waals surface area contributed by atoms with Crippen LogP contribution in [0.4, 0.5) is 0 Å². The molecular weight excluding hydrogens is 270 g/mol. The molecule has 1 rings (SSSR count). The van der Waals surface area contributed by atoms with Gasteiger partial charge < -0.3 is 9.64 Å². The Balaban J connectivity index is 2.17. The summed E-state index contributed by atoms with van der Waals surface area (Å²) in [6.07, 6.45) is 0.244. The maximum absolute atomic E-state index is 11.7. The van der Waals surface area contributed by atoms with Gasteiger partial charge in [-0.2, -0.15) is 0 Å². The Bertz CT molecular complexity index is 379. The highest BCUT2D eigenvalue weighted by atomic mass is 32.2. The Morgan fingerprint density at radius 2 is 2.28 bits per heavy atom. The molecule has 18 heavy (non-hydrogen) atoms. The lowest BCUT2D eigenvalue weighted by Crippen LogP contribution is -2.30. The molecule has 0 aliphatic carbocycles. The van der Waals surface area contributed by atoms with Crippen molar-refractivity contribution in [1.29, 1.82) is 0 Å². The van der Waals surface area contributed by atoms with E-state index in [4.69, 9.17) is 0 Å². The topological polar surface area (TPSA) is 46.6 Å². The maximum Gasteiger partial charge on any atom is 0.307 e. The zero-order valence-electron chi connectivity index (χ0n) is 10.5. The molecule has 1 aromatic rings. The highest BCUT2D eigenvalue weighted by Crippen LogP contribution is 2.17. The number of nitrogens with zero attached hydrogens (tertiary/aromatic N) is 1. The third-order valence-electron chi connectivity index (χ3n) is 2.35. The van der Waals surface area contributed by atoms with E-state index in [1.54, 1.807) is 35.0 Å². The number of ether oxygens (including phenoxy) is 1. The molecule has 0 saturated carbocycles. The first-order valence-electron chi connectivity index (χ1n) is 5.54. The molecule has 0 saturated heterocycles. The lowest BCUT2D eigenvalue weighted by Gasteiger charge is -2.15. The maximum atomic E-state index is 11.7. The van der Waals surface area contributed by atoms with Gasteiger partial charge in [0.15, 0.2) is 0 Å². The fourth-order valence-electron chi connectivity index (χ4n) is 1.23. The molecule has 0 aliphatic rings. The van der Waals surface area contributed by atoms with Gasteiger partial charge in [-0.05, 0) is 11.4 Å². The van der Waals surface area contributed by atoms with Gasteiger partial charge in [-0.1, -0.05) is 6.07 Å². The van der Waals surface area contributed by atoms with E-state index in [1.807, 2.05) is 11.4 Å². The number of amides is 1. The van der Waals surface area contributed by atoms with Gasteiger partial charge in [-0.3, -0.25) is 9.59 Å². The van der Waals surface area contributed by atoms with Crippen molar-refractivity contribution in [1.82, 2.24) is 4.90 Å². The number of carbonyl (C=O) groups is 2. The molecule has 6 heteroatoms. The number of hydrogen-bond acceptors (Lipinski definition) is 5. The number of methoxy groups -OCH3 is 1. The zero-order chi connectivity index (χ0) is 13.4. The fraction of sp³-hybridized carbons (Fsp3) is 0.500. The van der Waals surface area contributed by atoms with Crippen LogP contribution in [0.3, 0.4) is 0 Å². The van der Waals surface area contributed by atoms with Gasteiger partial charge in [0.1, 0.15) is 0 Å². The van der Waals surface area contributed by atoms with Crippen molar-refractivity contribution in [3.8, 4) is 0 Å². The minimum Gasteiger partial charge on any atom is -0.469 e. The number of thioether (sulfide) groups is 1. The van der Waals surface area contributed by atoms with Gasteiger partial charge in [0, 0.05) is 24.2 Å². The second-order valence-electron chi connectivity index (χ2n) is 3.71. The molecule has 1 amide bonds. The van der Waals surface area contributed by atoms with Crippen LogP contribution in [0, 0.1) is 0 Å². The van der Waals surface area contributed by atoms with E-state index in [9.17, 15) is 9.59 Å². The molecule has 0 bridgehead atoms. The number of carbonyl (C=O) groups excluding carboxylic acids is 2. The Hall–Kier alpha value is -1.01. The van der Waals surface area contributed by atoms with Gasteiger partial charge in [-0.25, -0.2) is 0 Å². The molecule has 0 unspecified atom stereocenters. The van der Waals surface area contributed by atoms with E-state index in [-0.39, 0.29) is 18.3 Å². The number of hydrogen-bond donors (Lipinski definition) is 0. The standard InChI is InChI=1S/C12H17NO3S2/c1-13(6-5-12(15)16-2)11(14)9-17-8-10-4-3-7-18-10/h3-4,7H,5-6,8-9H2,1-2H3. The smallest absolute Gasteiger partial charge is 0.307 e. The molecule has 4 nitrogen and oxygen atoms in total. The van der Waals surface area contributed by atoms with Gasteiger partial charge in [0.25, 0.3) is 0 Å². The van der Waals surface area contributed by atoms with Gasteiger partial charge in [0.2, 0.25) is 5.91 Å². The van der Waals surface area contributed by atoms with Crippen LogP contribution in [0.5, 0.6) is 0 Å². The second-order valence-corrected chi connectivity index (χ2v) is 5.73. The molecule has 0 aliphatic heterocycles. The average Bonchev–Trinajstić information content (AvgIpc) is 2.88. The summed E-state index contributed by atoms with van der Waals surface area (Å²) < 4.78 is 4.53. The van der Waals surface area contributed by atoms with E-state index in [0.717, 1.165) is 5.75 Å². The number of rotatable bonds is 7. The van der Waals surface area contributed by atoms with Gasteiger partial charge in [0.05, 0.1) is 19.3 Å². The molecule has 0 N–H and O–H groups in total. The lowest BCUT2D eigenvalue weighted by atomic mass is 10.4. The summed E-state index contributed by atoms with van der Waals surface area (Å²) in [5.41, 5.74) is 0. The largest absolute Gasteiger partial charge is 0.469 e. The normalized spacial score (nSPS) is 10.1. The Labute approximate surface area is 115 Å². The van der Waals surface area contributed by atoms with Crippen LogP contribution >= 0.6 is 23.1 Å². The predicted molar refractivity (Wildman–Crippen MR) is 74.8 cm³/mol. The number of esters is 1. The highest BCUT2D eigenvalue weighted by molar-refractivity contribution is 7.99. The van der Waals surface area contributed by atoms with E-state index < -0.39 is 0 Å². The molecule has 0 atom stereocenters. The molecule has 0 fully saturated rings. The lowest BCUT2D eigenvalue weighted by molar-refractivity contribution is -0.141. The summed E-state index contributed by atoms with van der Waals surface area (Å²) in [6.45, 7) is 0.408. The SMILES string of the molecule is COC(=O)CCN(C)C(=O)CSCc1cccs1. The quantitative estimate of drug-likeness (QED) is 0.720. The summed E-state index contributed by atoms with van der Waals surface area (Å²) in [6, 6.07) is 4.06. The van der Waals surface area contributed by atoms with Crippen LogP contribution in [-0.4, -0.2) is 43.2 Å². The van der Waals surface area contributed by atoms with Crippen molar-refractivity contribution in [2.45, 2.75) is 12.2 Å². The first-order chi connectivity index (χ1) is 8.63. The van der Waals surface area contributed by atoms with Crippen molar-refractivity contribution >= 4 is 35.0 Å². The van der Waals surface area contributed by atoms with E-state index in [2.05, 4.69) is 10.8 Å². The Morgan fingerprint density at radius 1 is 1.50 bits per heavy atom. The summed E-state index contributed by atoms with van der Waals surface area (Å²) in [7, 11) is 3.05. The van der Waals surface area contributed by atoms with E-state index >= 15 is 0 Å². The van der Waals surface area contributed by atoms with Crippen molar-refractivity contribution in [3.05, 3.63) is 22.4 Å². The predicted octanol–water partition coefficient (Wildman–Crippen LogP) is 2.00. The molecule has 0 spiro atoms. The average molecular weight is 287 g/mol. The van der Waals surface area contributed by atoms with Crippen LogP contribution in [-0.2, 0) is 20.1 Å².